The fourth-order valence-corrected chi connectivity index (χ4v) is 4.50. The van der Waals surface area contributed by atoms with Crippen molar-refractivity contribution in [3.8, 4) is 0 Å². The molecule has 1 aromatic rings. The van der Waals surface area contributed by atoms with E-state index in [1.807, 2.05) is 13.8 Å². The summed E-state index contributed by atoms with van der Waals surface area (Å²) in [5, 5.41) is 11.1. The number of hydrogen-bond donors (Lipinski definition) is 2. The summed E-state index contributed by atoms with van der Waals surface area (Å²) in [7, 11) is 0. The van der Waals surface area contributed by atoms with Gasteiger partial charge in [-0.05, 0) is 78.9 Å². The van der Waals surface area contributed by atoms with Crippen molar-refractivity contribution in [1.82, 2.24) is 4.90 Å². The molecule has 0 aromatic heterocycles. The quantitative estimate of drug-likeness (QED) is 0.0688. The predicted octanol–water partition coefficient (Wildman–Crippen LogP) is 6.21. The van der Waals surface area contributed by atoms with Crippen molar-refractivity contribution < 1.29 is 9.47 Å². The van der Waals surface area contributed by atoms with Gasteiger partial charge in [0.25, 0.3) is 0 Å². The lowest BCUT2D eigenvalue weighted by molar-refractivity contribution is 0.143. The van der Waals surface area contributed by atoms with Crippen molar-refractivity contribution in [2.24, 2.45) is 0 Å². The second kappa shape index (κ2) is 21.2. The van der Waals surface area contributed by atoms with Gasteiger partial charge in [-0.3, -0.25) is 15.0 Å². The van der Waals surface area contributed by atoms with Crippen LogP contribution in [0.25, 0.3) is 0 Å². The summed E-state index contributed by atoms with van der Waals surface area (Å²) >= 11 is 0. The molecule has 0 aliphatic rings. The lowest BCUT2D eigenvalue weighted by atomic mass is 10.1. The van der Waals surface area contributed by atoms with E-state index in [9.17, 15) is 9.59 Å². The van der Waals surface area contributed by atoms with Crippen LogP contribution in [0.4, 0.5) is 5.69 Å². The number of nitrogens with one attached hydrogen (secondary N) is 2. The molecule has 1 unspecified atom stereocenters. The van der Waals surface area contributed by atoms with Crippen LogP contribution in [0.15, 0.2) is 9.59 Å². The van der Waals surface area contributed by atoms with Crippen molar-refractivity contribution in [3.05, 3.63) is 26.0 Å². The van der Waals surface area contributed by atoms with Crippen LogP contribution in [-0.4, -0.2) is 56.3 Å². The van der Waals surface area contributed by atoms with Gasteiger partial charge >= 0.3 is 0 Å². The largest absolute Gasteiger partial charge is 0.478 e. The maximum Gasteiger partial charge on any atom is 0.249 e. The zero-order valence-electron chi connectivity index (χ0n) is 24.3. The zero-order valence-corrected chi connectivity index (χ0v) is 24.3. The van der Waals surface area contributed by atoms with Gasteiger partial charge in [0.1, 0.15) is 0 Å². The summed E-state index contributed by atoms with van der Waals surface area (Å²) in [5.74, 6) is 0.433. The van der Waals surface area contributed by atoms with E-state index in [4.69, 9.17) is 14.9 Å². The molecule has 2 N–H and O–H groups in total. The van der Waals surface area contributed by atoms with E-state index in [0.29, 0.717) is 17.1 Å². The lowest BCUT2D eigenvalue weighted by Gasteiger charge is -2.23. The highest BCUT2D eigenvalue weighted by Gasteiger charge is 2.15. The third-order valence-electron chi connectivity index (χ3n) is 7.12. The molecular weight excluding hydrogens is 466 g/mol. The molecule has 0 aliphatic carbocycles. The fourth-order valence-electron chi connectivity index (χ4n) is 4.50. The molecule has 1 atom stereocenters. The summed E-state index contributed by atoms with van der Waals surface area (Å²) in [6, 6.07) is 0. The van der Waals surface area contributed by atoms with E-state index >= 15 is 0 Å². The van der Waals surface area contributed by atoms with Gasteiger partial charge in [0, 0.05) is 31.7 Å². The first-order valence-electron chi connectivity index (χ1n) is 15.0. The highest BCUT2D eigenvalue weighted by Crippen LogP contribution is 2.11. The first-order valence-corrected chi connectivity index (χ1v) is 15.0. The number of ether oxygens (including phenoxy) is 2. The molecule has 0 spiro atoms. The molecule has 1 aromatic carbocycles. The monoisotopic (exact) mass is 521 g/mol. The molecular formula is C30H55N3O4. The summed E-state index contributed by atoms with van der Waals surface area (Å²) in [4.78, 5) is 25.6. The maximum atomic E-state index is 11.6. The highest BCUT2D eigenvalue weighted by molar-refractivity contribution is 5.72. The topological polar surface area (TPSA) is 91.7 Å². The van der Waals surface area contributed by atoms with Gasteiger partial charge in [0.2, 0.25) is 10.9 Å². The van der Waals surface area contributed by atoms with E-state index < -0.39 is 0 Å². The Morgan fingerprint density at radius 3 is 2.00 bits per heavy atom. The summed E-state index contributed by atoms with van der Waals surface area (Å²) < 4.78 is 11.0. The summed E-state index contributed by atoms with van der Waals surface area (Å²) in [6.07, 6.45) is 16.1. The molecule has 0 saturated heterocycles. The van der Waals surface area contributed by atoms with Crippen molar-refractivity contribution in [2.45, 2.75) is 124 Å². The van der Waals surface area contributed by atoms with Gasteiger partial charge in [-0.2, -0.15) is 0 Å². The number of hydrogen-bond acceptors (Lipinski definition) is 7. The van der Waals surface area contributed by atoms with Crippen molar-refractivity contribution in [2.75, 3.05) is 44.7 Å². The average molecular weight is 522 g/mol. The SMILES string of the molecule is CCOCCCCCCCCN(CCCCCCCC(=N)OC(C)CC)CCCNc1c(C)c(=O)c1=O. The first-order chi connectivity index (χ1) is 17.9. The van der Waals surface area contributed by atoms with Crippen LogP contribution in [0.5, 0.6) is 0 Å². The van der Waals surface area contributed by atoms with E-state index in [1.165, 1.54) is 57.8 Å². The second-order valence-electron chi connectivity index (χ2n) is 10.4. The van der Waals surface area contributed by atoms with E-state index in [2.05, 4.69) is 17.1 Å². The molecule has 7 heteroatoms. The van der Waals surface area contributed by atoms with Crippen molar-refractivity contribution >= 4 is 11.6 Å². The smallest absolute Gasteiger partial charge is 0.249 e. The van der Waals surface area contributed by atoms with Crippen LogP contribution in [0.3, 0.4) is 0 Å². The Labute approximate surface area is 225 Å². The van der Waals surface area contributed by atoms with Crippen LogP contribution >= 0.6 is 0 Å². The van der Waals surface area contributed by atoms with Crippen molar-refractivity contribution in [3.63, 3.8) is 0 Å². The average Bonchev–Trinajstić information content (AvgIpc) is 2.90. The Hall–Kier alpha value is -1.73. The molecule has 0 fully saturated rings. The molecule has 0 amide bonds. The van der Waals surface area contributed by atoms with E-state index in [0.717, 1.165) is 71.5 Å². The Morgan fingerprint density at radius 1 is 0.838 bits per heavy atom. The molecule has 0 heterocycles. The Balaban J connectivity index is 2.23. The van der Waals surface area contributed by atoms with Gasteiger partial charge in [-0.1, -0.05) is 51.9 Å². The van der Waals surface area contributed by atoms with Crippen LogP contribution in [0.1, 0.15) is 116 Å². The first kappa shape index (κ1) is 33.3. The predicted molar refractivity (Wildman–Crippen MR) is 156 cm³/mol. The minimum Gasteiger partial charge on any atom is -0.478 e. The van der Waals surface area contributed by atoms with Crippen LogP contribution in [0.2, 0.25) is 0 Å². The van der Waals surface area contributed by atoms with Gasteiger partial charge in [0.05, 0.1) is 11.8 Å². The van der Waals surface area contributed by atoms with Gasteiger partial charge in [0.15, 0.2) is 5.90 Å². The fraction of sp³-hybridized carbons (Fsp3) is 0.833. The number of rotatable bonds is 25. The number of unbranched alkanes of at least 4 members (excludes halogenated alkanes) is 9. The Kier molecular flexibility index (Phi) is 19.1. The molecule has 1 rings (SSSR count). The molecule has 37 heavy (non-hydrogen) atoms. The minimum absolute atomic E-state index is 0.145. The zero-order chi connectivity index (χ0) is 27.3. The van der Waals surface area contributed by atoms with Crippen LogP contribution < -0.4 is 16.2 Å². The lowest BCUT2D eigenvalue weighted by Crippen LogP contribution is -2.37. The van der Waals surface area contributed by atoms with Crippen LogP contribution in [0, 0.1) is 12.3 Å². The minimum atomic E-state index is -0.364. The molecule has 0 radical (unpaired) electrons. The Morgan fingerprint density at radius 2 is 1.41 bits per heavy atom. The maximum absolute atomic E-state index is 11.6. The van der Waals surface area contributed by atoms with Crippen molar-refractivity contribution in [1.29, 1.82) is 5.41 Å². The normalized spacial score (nSPS) is 12.4. The Bertz CT molecular complexity index is 788. The summed E-state index contributed by atoms with van der Waals surface area (Å²) in [6.45, 7) is 13.6. The number of nitrogens with zero attached hydrogens (tertiary/aromatic N) is 1. The molecule has 0 saturated carbocycles. The second-order valence-corrected chi connectivity index (χ2v) is 10.4. The van der Waals surface area contributed by atoms with E-state index in [1.54, 1.807) is 6.92 Å². The van der Waals surface area contributed by atoms with Gasteiger partial charge < -0.3 is 19.7 Å². The third kappa shape index (κ3) is 15.3. The van der Waals surface area contributed by atoms with E-state index in [-0.39, 0.29) is 17.0 Å². The molecule has 0 aliphatic heterocycles. The summed E-state index contributed by atoms with van der Waals surface area (Å²) in [5.41, 5.74) is 0.382. The molecule has 214 valence electrons. The molecule has 7 nitrogen and oxygen atoms in total. The number of anilines is 1. The third-order valence-corrected chi connectivity index (χ3v) is 7.12. The molecule has 0 bridgehead atoms. The van der Waals surface area contributed by atoms with Crippen LogP contribution in [-0.2, 0) is 9.47 Å². The standard InChI is InChI=1S/C30H55N3O4/c1-5-25(3)37-27(31)19-14-10-9-12-16-22-33(21-15-11-7-8-13-17-24-36-6-2)23-18-20-32-28-26(4)29(34)30(28)35/h25,31-32H,5-24H2,1-4H3. The van der Waals surface area contributed by atoms with Gasteiger partial charge in [-0.15, -0.1) is 0 Å². The highest BCUT2D eigenvalue weighted by atomic mass is 16.5. The van der Waals surface area contributed by atoms with Gasteiger partial charge in [-0.25, -0.2) is 0 Å².